The highest BCUT2D eigenvalue weighted by atomic mass is 16.4. The smallest absolute Gasteiger partial charge is 0.331 e. The molecule has 2 aliphatic rings. The Morgan fingerprint density at radius 3 is 2.61 bits per heavy atom. The molecule has 18 heavy (non-hydrogen) atoms. The van der Waals surface area contributed by atoms with Crippen LogP contribution in [0.15, 0.2) is 36.0 Å². The maximum Gasteiger partial charge on any atom is 0.331 e. The zero-order chi connectivity index (χ0) is 13.3. The molecule has 0 bridgehead atoms. The predicted molar refractivity (Wildman–Crippen MR) is 66.0 cm³/mol. The Morgan fingerprint density at radius 1 is 1.39 bits per heavy atom. The Bertz CT molecular complexity index is 472. The van der Waals surface area contributed by atoms with Crippen LogP contribution in [0.4, 0.5) is 0 Å². The maximum absolute atomic E-state index is 11.7. The van der Waals surface area contributed by atoms with Gasteiger partial charge in [-0.25, -0.2) is 4.79 Å². The van der Waals surface area contributed by atoms with Gasteiger partial charge in [-0.3, -0.25) is 4.79 Å². The summed E-state index contributed by atoms with van der Waals surface area (Å²) in [5.41, 5.74) is -0.963. The summed E-state index contributed by atoms with van der Waals surface area (Å²) in [4.78, 5) is 22.9. The third-order valence-corrected chi connectivity index (χ3v) is 4.07. The minimum atomic E-state index is -1.13. The standard InChI is InChI=1S/C14H16O4/c1-9-11(12(15)16)7-4-8-14(9,13(17)18)10-5-2-3-6-10/h2,4-5,7-10H,3,6H2,1H3,(H,15,16)(H,17,18). The number of carbonyl (C=O) groups is 2. The van der Waals surface area contributed by atoms with Crippen molar-refractivity contribution < 1.29 is 19.8 Å². The van der Waals surface area contributed by atoms with Gasteiger partial charge in [-0.2, -0.15) is 0 Å². The van der Waals surface area contributed by atoms with Crippen molar-refractivity contribution in [2.45, 2.75) is 19.8 Å². The van der Waals surface area contributed by atoms with Gasteiger partial charge in [-0.15, -0.1) is 0 Å². The first kappa shape index (κ1) is 12.6. The second-order valence-corrected chi connectivity index (χ2v) is 4.86. The molecule has 3 atom stereocenters. The fourth-order valence-electron chi connectivity index (χ4n) is 3.00. The average Bonchev–Trinajstić information content (AvgIpc) is 2.82. The molecule has 0 spiro atoms. The molecule has 96 valence electrons. The summed E-state index contributed by atoms with van der Waals surface area (Å²) in [5, 5.41) is 18.8. The van der Waals surface area contributed by atoms with Crippen LogP contribution in [0.5, 0.6) is 0 Å². The lowest BCUT2D eigenvalue weighted by Crippen LogP contribution is -2.44. The Hall–Kier alpha value is -1.84. The van der Waals surface area contributed by atoms with Crippen LogP contribution in [-0.4, -0.2) is 22.2 Å². The molecule has 2 rings (SSSR count). The molecule has 0 fully saturated rings. The molecule has 0 aromatic carbocycles. The van der Waals surface area contributed by atoms with Gasteiger partial charge in [0, 0.05) is 11.5 Å². The van der Waals surface area contributed by atoms with Gasteiger partial charge < -0.3 is 10.2 Å². The van der Waals surface area contributed by atoms with Crippen LogP contribution >= 0.6 is 0 Å². The molecule has 0 heterocycles. The van der Waals surface area contributed by atoms with E-state index >= 15 is 0 Å². The highest BCUT2D eigenvalue weighted by Gasteiger charge is 2.50. The largest absolute Gasteiger partial charge is 0.481 e. The second kappa shape index (κ2) is 4.44. The van der Waals surface area contributed by atoms with Gasteiger partial charge in [0.15, 0.2) is 0 Å². The molecule has 0 aromatic rings. The number of hydrogen-bond donors (Lipinski definition) is 2. The summed E-state index contributed by atoms with van der Waals surface area (Å²) in [7, 11) is 0. The number of aliphatic carboxylic acids is 2. The highest BCUT2D eigenvalue weighted by Crippen LogP contribution is 2.48. The lowest BCUT2D eigenvalue weighted by Gasteiger charge is -2.39. The van der Waals surface area contributed by atoms with E-state index in [1.165, 1.54) is 6.08 Å². The van der Waals surface area contributed by atoms with Crippen molar-refractivity contribution in [1.82, 2.24) is 0 Å². The molecule has 0 saturated carbocycles. The average molecular weight is 248 g/mol. The quantitative estimate of drug-likeness (QED) is 0.751. The van der Waals surface area contributed by atoms with Crippen LogP contribution in [0.3, 0.4) is 0 Å². The molecule has 4 nitrogen and oxygen atoms in total. The zero-order valence-electron chi connectivity index (χ0n) is 10.2. The summed E-state index contributed by atoms with van der Waals surface area (Å²) in [6.07, 6.45) is 10.2. The number of hydrogen-bond acceptors (Lipinski definition) is 2. The first-order valence-electron chi connectivity index (χ1n) is 6.03. The van der Waals surface area contributed by atoms with E-state index in [2.05, 4.69) is 0 Å². The van der Waals surface area contributed by atoms with Crippen LogP contribution < -0.4 is 0 Å². The maximum atomic E-state index is 11.7. The van der Waals surface area contributed by atoms with Gasteiger partial charge in [0.2, 0.25) is 0 Å². The van der Waals surface area contributed by atoms with E-state index in [-0.39, 0.29) is 11.5 Å². The van der Waals surface area contributed by atoms with E-state index in [9.17, 15) is 14.7 Å². The van der Waals surface area contributed by atoms with Gasteiger partial charge in [-0.1, -0.05) is 37.3 Å². The molecule has 0 aromatic heterocycles. The normalized spacial score (nSPS) is 34.4. The number of rotatable bonds is 3. The number of carboxylic acid groups (broad SMARTS) is 2. The van der Waals surface area contributed by atoms with Crippen molar-refractivity contribution in [3.8, 4) is 0 Å². The summed E-state index contributed by atoms with van der Waals surface area (Å²) in [6, 6.07) is 0. The van der Waals surface area contributed by atoms with Crippen LogP contribution in [0.1, 0.15) is 19.8 Å². The predicted octanol–water partition coefficient (Wildman–Crippen LogP) is 2.24. The summed E-state index contributed by atoms with van der Waals surface area (Å²) in [6.45, 7) is 1.68. The van der Waals surface area contributed by atoms with Crippen LogP contribution in [0.2, 0.25) is 0 Å². The van der Waals surface area contributed by atoms with E-state index in [4.69, 9.17) is 5.11 Å². The number of allylic oxidation sites excluding steroid dienone is 4. The lowest BCUT2D eigenvalue weighted by molar-refractivity contribution is -0.151. The molecular formula is C14H16O4. The molecule has 2 N–H and O–H groups in total. The van der Waals surface area contributed by atoms with Crippen LogP contribution in [0, 0.1) is 17.3 Å². The van der Waals surface area contributed by atoms with Gasteiger partial charge >= 0.3 is 11.9 Å². The molecule has 0 saturated heterocycles. The molecule has 0 radical (unpaired) electrons. The van der Waals surface area contributed by atoms with E-state index < -0.39 is 23.3 Å². The third kappa shape index (κ3) is 1.68. The van der Waals surface area contributed by atoms with Gasteiger partial charge in [0.05, 0.1) is 5.41 Å². The minimum Gasteiger partial charge on any atom is -0.481 e. The molecule has 4 heteroatoms. The Morgan fingerprint density at radius 2 is 2.11 bits per heavy atom. The van der Waals surface area contributed by atoms with Crippen LogP contribution in [-0.2, 0) is 9.59 Å². The van der Waals surface area contributed by atoms with Gasteiger partial charge in [-0.05, 0) is 18.8 Å². The van der Waals surface area contributed by atoms with E-state index in [1.807, 2.05) is 12.2 Å². The van der Waals surface area contributed by atoms with Gasteiger partial charge in [0.25, 0.3) is 0 Å². The number of carboxylic acids is 2. The van der Waals surface area contributed by atoms with E-state index in [1.54, 1.807) is 19.1 Å². The fourth-order valence-corrected chi connectivity index (χ4v) is 3.00. The van der Waals surface area contributed by atoms with E-state index in [0.29, 0.717) is 0 Å². The van der Waals surface area contributed by atoms with Crippen molar-refractivity contribution in [1.29, 1.82) is 0 Å². The Balaban J connectivity index is 2.47. The van der Waals surface area contributed by atoms with E-state index in [0.717, 1.165) is 12.8 Å². The second-order valence-electron chi connectivity index (χ2n) is 4.86. The SMILES string of the molecule is CC1C(C(=O)O)=CC=CC1(C(=O)O)C1C=CCC1. The molecule has 2 aliphatic carbocycles. The molecular weight excluding hydrogens is 232 g/mol. The first-order valence-corrected chi connectivity index (χ1v) is 6.03. The third-order valence-electron chi connectivity index (χ3n) is 4.07. The summed E-state index contributed by atoms with van der Waals surface area (Å²) >= 11 is 0. The fraction of sp³-hybridized carbons (Fsp3) is 0.429. The van der Waals surface area contributed by atoms with Crippen molar-refractivity contribution in [2.24, 2.45) is 17.3 Å². The molecule has 3 unspecified atom stereocenters. The minimum absolute atomic E-state index is 0.135. The van der Waals surface area contributed by atoms with Crippen LogP contribution in [0.25, 0.3) is 0 Å². The van der Waals surface area contributed by atoms with Crippen molar-refractivity contribution >= 4 is 11.9 Å². The van der Waals surface area contributed by atoms with Crippen molar-refractivity contribution in [3.05, 3.63) is 36.0 Å². The Labute approximate surface area is 105 Å². The topological polar surface area (TPSA) is 74.6 Å². The van der Waals surface area contributed by atoms with Crippen molar-refractivity contribution in [2.75, 3.05) is 0 Å². The molecule has 0 amide bonds. The summed E-state index contributed by atoms with van der Waals surface area (Å²) < 4.78 is 0. The summed E-state index contributed by atoms with van der Waals surface area (Å²) in [5.74, 6) is -2.66. The monoisotopic (exact) mass is 248 g/mol. The first-order chi connectivity index (χ1) is 8.50. The lowest BCUT2D eigenvalue weighted by atomic mass is 9.62. The van der Waals surface area contributed by atoms with Gasteiger partial charge in [0.1, 0.15) is 0 Å². The Kier molecular flexibility index (Phi) is 3.11. The molecule has 0 aliphatic heterocycles. The van der Waals surface area contributed by atoms with Crippen molar-refractivity contribution in [3.63, 3.8) is 0 Å². The zero-order valence-corrected chi connectivity index (χ0v) is 10.2. The highest BCUT2D eigenvalue weighted by molar-refractivity contribution is 5.91.